The number of hydrogen-bond acceptors (Lipinski definition) is 1. The van der Waals surface area contributed by atoms with Crippen LogP contribution in [-0.2, 0) is 4.79 Å². The minimum atomic E-state index is -0.173. The first kappa shape index (κ1) is 11.0. The Labute approximate surface area is 74.4 Å². The fourth-order valence-electron chi connectivity index (χ4n) is 0.692. The Morgan fingerprint density at radius 2 is 1.92 bits per heavy atom. The van der Waals surface area contributed by atoms with Crippen molar-refractivity contribution in [1.82, 2.24) is 5.32 Å². The monoisotopic (exact) mass is 167 g/mol. The van der Waals surface area contributed by atoms with Crippen LogP contribution in [0.5, 0.6) is 0 Å². The van der Waals surface area contributed by atoms with Gasteiger partial charge in [-0.25, -0.2) is 0 Å². The van der Waals surface area contributed by atoms with Gasteiger partial charge in [0.2, 0.25) is 5.91 Å². The van der Waals surface area contributed by atoms with Gasteiger partial charge in [-0.3, -0.25) is 4.79 Å². The molecule has 0 saturated heterocycles. The summed E-state index contributed by atoms with van der Waals surface area (Å²) in [6.45, 7) is 11.1. The second kappa shape index (κ2) is 4.10. The average Bonchev–Trinajstić information content (AvgIpc) is 1.84. The van der Waals surface area contributed by atoms with Gasteiger partial charge in [0.1, 0.15) is 0 Å². The molecule has 0 aromatic carbocycles. The lowest BCUT2D eigenvalue weighted by molar-refractivity contribution is -0.118. The summed E-state index contributed by atoms with van der Waals surface area (Å²) in [5.41, 5.74) is 0.507. The zero-order valence-corrected chi connectivity index (χ0v) is 8.27. The van der Waals surface area contributed by atoms with Crippen LogP contribution < -0.4 is 5.32 Å². The normalized spacial score (nSPS) is 12.5. The van der Waals surface area contributed by atoms with Gasteiger partial charge in [0.15, 0.2) is 0 Å². The molecule has 0 aliphatic heterocycles. The molecule has 0 aliphatic carbocycles. The van der Waals surface area contributed by atoms with Gasteiger partial charge < -0.3 is 5.32 Å². The standard InChI is InChI=1S/C10H17NO/c1-6-7-8(2)9(12)11-10(3,4)5/h6-7H,1H2,2-5H3,(H,11,12). The molecule has 0 spiro atoms. The van der Waals surface area contributed by atoms with E-state index < -0.39 is 0 Å². The maximum absolute atomic E-state index is 11.3. The summed E-state index contributed by atoms with van der Waals surface area (Å²) in [6, 6.07) is 0. The van der Waals surface area contributed by atoms with E-state index in [4.69, 9.17) is 0 Å². The van der Waals surface area contributed by atoms with E-state index in [1.54, 1.807) is 19.1 Å². The summed E-state index contributed by atoms with van der Waals surface area (Å²) < 4.78 is 0. The third kappa shape index (κ3) is 4.72. The van der Waals surface area contributed by atoms with E-state index in [-0.39, 0.29) is 11.4 Å². The Morgan fingerprint density at radius 3 is 2.25 bits per heavy atom. The van der Waals surface area contributed by atoms with Crippen molar-refractivity contribution in [2.24, 2.45) is 0 Å². The number of carbonyl (C=O) groups is 1. The quantitative estimate of drug-likeness (QED) is 0.495. The number of hydrogen-bond donors (Lipinski definition) is 1. The SMILES string of the molecule is C=CC=C(C)C(=O)NC(C)(C)C. The molecule has 0 rings (SSSR count). The van der Waals surface area contributed by atoms with E-state index in [0.717, 1.165) is 0 Å². The summed E-state index contributed by atoms with van der Waals surface area (Å²) >= 11 is 0. The molecule has 0 aliphatic rings. The molecule has 2 nitrogen and oxygen atoms in total. The molecule has 0 atom stereocenters. The predicted octanol–water partition coefficient (Wildman–Crippen LogP) is 2.03. The van der Waals surface area contributed by atoms with Gasteiger partial charge in [0.25, 0.3) is 0 Å². The first-order valence-corrected chi connectivity index (χ1v) is 3.98. The van der Waals surface area contributed by atoms with Crippen LogP contribution in [0.25, 0.3) is 0 Å². The summed E-state index contributed by atoms with van der Waals surface area (Å²) in [5.74, 6) is -0.0394. The number of nitrogens with one attached hydrogen (secondary N) is 1. The molecule has 0 saturated carbocycles. The van der Waals surface area contributed by atoms with E-state index in [9.17, 15) is 4.79 Å². The number of rotatable bonds is 2. The van der Waals surface area contributed by atoms with E-state index in [0.29, 0.717) is 5.57 Å². The largest absolute Gasteiger partial charge is 0.348 e. The molecule has 0 heterocycles. The molecule has 0 aromatic heterocycles. The molecule has 0 aromatic rings. The molecule has 68 valence electrons. The van der Waals surface area contributed by atoms with Crippen LogP contribution in [0.4, 0.5) is 0 Å². The van der Waals surface area contributed by atoms with Crippen molar-refractivity contribution < 1.29 is 4.79 Å². The highest BCUT2D eigenvalue weighted by atomic mass is 16.1. The lowest BCUT2D eigenvalue weighted by atomic mass is 10.1. The van der Waals surface area contributed by atoms with E-state index >= 15 is 0 Å². The Bertz CT molecular complexity index is 208. The third-order valence-corrected chi connectivity index (χ3v) is 1.21. The summed E-state index contributed by atoms with van der Waals surface area (Å²) in [4.78, 5) is 11.3. The average molecular weight is 167 g/mol. The summed E-state index contributed by atoms with van der Waals surface area (Å²) in [5, 5.41) is 2.85. The Kier molecular flexibility index (Phi) is 3.74. The highest BCUT2D eigenvalue weighted by Crippen LogP contribution is 2.01. The minimum absolute atomic E-state index is 0.0394. The van der Waals surface area contributed by atoms with Crippen molar-refractivity contribution in [1.29, 1.82) is 0 Å². The van der Waals surface area contributed by atoms with Gasteiger partial charge >= 0.3 is 0 Å². The minimum Gasteiger partial charge on any atom is -0.348 e. The Balaban J connectivity index is 4.24. The maximum atomic E-state index is 11.3. The van der Waals surface area contributed by atoms with Crippen molar-refractivity contribution in [2.75, 3.05) is 0 Å². The molecule has 0 radical (unpaired) electrons. The summed E-state index contributed by atoms with van der Waals surface area (Å²) in [6.07, 6.45) is 3.30. The molecule has 0 bridgehead atoms. The first-order valence-electron chi connectivity index (χ1n) is 3.98. The van der Waals surface area contributed by atoms with Gasteiger partial charge in [-0.05, 0) is 27.7 Å². The maximum Gasteiger partial charge on any atom is 0.247 e. The highest BCUT2D eigenvalue weighted by Gasteiger charge is 2.13. The molecular weight excluding hydrogens is 150 g/mol. The Hall–Kier alpha value is -1.05. The first-order chi connectivity index (χ1) is 5.37. The van der Waals surface area contributed by atoms with Crippen molar-refractivity contribution in [3.8, 4) is 0 Å². The van der Waals surface area contributed by atoms with Crippen LogP contribution in [0.15, 0.2) is 24.3 Å². The van der Waals surface area contributed by atoms with Crippen molar-refractivity contribution in [3.63, 3.8) is 0 Å². The van der Waals surface area contributed by atoms with E-state index in [1.807, 2.05) is 20.8 Å². The second-order valence-corrected chi connectivity index (χ2v) is 3.79. The van der Waals surface area contributed by atoms with Crippen LogP contribution in [0.1, 0.15) is 27.7 Å². The Morgan fingerprint density at radius 1 is 1.42 bits per heavy atom. The lowest BCUT2D eigenvalue weighted by Crippen LogP contribution is -2.40. The molecule has 0 unspecified atom stereocenters. The number of carbonyl (C=O) groups excluding carboxylic acids is 1. The van der Waals surface area contributed by atoms with Crippen LogP contribution in [0.2, 0.25) is 0 Å². The zero-order chi connectivity index (χ0) is 9.78. The third-order valence-electron chi connectivity index (χ3n) is 1.21. The second-order valence-electron chi connectivity index (χ2n) is 3.79. The topological polar surface area (TPSA) is 29.1 Å². The van der Waals surface area contributed by atoms with Gasteiger partial charge in [-0.1, -0.05) is 18.7 Å². The molecular formula is C10H17NO. The molecule has 2 heteroatoms. The van der Waals surface area contributed by atoms with Crippen molar-refractivity contribution >= 4 is 5.91 Å². The van der Waals surface area contributed by atoms with Crippen LogP contribution in [0.3, 0.4) is 0 Å². The fraction of sp³-hybridized carbons (Fsp3) is 0.500. The van der Waals surface area contributed by atoms with E-state index in [1.165, 1.54) is 0 Å². The van der Waals surface area contributed by atoms with Crippen molar-refractivity contribution in [2.45, 2.75) is 33.2 Å². The van der Waals surface area contributed by atoms with E-state index in [2.05, 4.69) is 11.9 Å². The van der Waals surface area contributed by atoms with Crippen LogP contribution in [-0.4, -0.2) is 11.4 Å². The molecule has 1 N–H and O–H groups in total. The molecule has 0 fully saturated rings. The fourth-order valence-corrected chi connectivity index (χ4v) is 0.692. The molecule has 12 heavy (non-hydrogen) atoms. The van der Waals surface area contributed by atoms with Gasteiger partial charge in [-0.2, -0.15) is 0 Å². The van der Waals surface area contributed by atoms with Gasteiger partial charge in [-0.15, -0.1) is 0 Å². The zero-order valence-electron chi connectivity index (χ0n) is 8.27. The predicted molar refractivity (Wildman–Crippen MR) is 51.8 cm³/mol. The van der Waals surface area contributed by atoms with Gasteiger partial charge in [0, 0.05) is 11.1 Å². The summed E-state index contributed by atoms with van der Waals surface area (Å²) in [7, 11) is 0. The van der Waals surface area contributed by atoms with Gasteiger partial charge in [0.05, 0.1) is 0 Å². The number of amides is 1. The van der Waals surface area contributed by atoms with Crippen LogP contribution in [0, 0.1) is 0 Å². The highest BCUT2D eigenvalue weighted by molar-refractivity contribution is 5.93. The smallest absolute Gasteiger partial charge is 0.247 e. The lowest BCUT2D eigenvalue weighted by Gasteiger charge is -2.20. The van der Waals surface area contributed by atoms with Crippen molar-refractivity contribution in [3.05, 3.63) is 24.3 Å². The van der Waals surface area contributed by atoms with Crippen LogP contribution >= 0.6 is 0 Å². The molecule has 1 amide bonds. The number of allylic oxidation sites excluding steroid dienone is 2.